The zero-order chi connectivity index (χ0) is 11.1. The van der Waals surface area contributed by atoms with Gasteiger partial charge in [0.25, 0.3) is 0 Å². The van der Waals surface area contributed by atoms with Gasteiger partial charge in [0.15, 0.2) is 0 Å². The van der Waals surface area contributed by atoms with E-state index in [1.54, 1.807) is 24.9 Å². The molecule has 0 unspecified atom stereocenters. The highest BCUT2D eigenvalue weighted by molar-refractivity contribution is 7.99. The molecule has 0 aliphatic rings. The molecule has 0 saturated heterocycles. The quantitative estimate of drug-likeness (QED) is 0.565. The van der Waals surface area contributed by atoms with Crippen molar-refractivity contribution in [2.45, 2.75) is 31.2 Å². The SMILES string of the molecule is CC(=O)CCCCSc1ccc(Cl)cn1. The Morgan fingerprint density at radius 2 is 2.27 bits per heavy atom. The Bertz CT molecular complexity index is 313. The lowest BCUT2D eigenvalue weighted by Crippen LogP contribution is -1.90. The summed E-state index contributed by atoms with van der Waals surface area (Å²) in [6.45, 7) is 1.63. The molecule has 82 valence electrons. The van der Waals surface area contributed by atoms with E-state index in [0.717, 1.165) is 23.6 Å². The summed E-state index contributed by atoms with van der Waals surface area (Å²) < 4.78 is 0. The molecule has 0 atom stereocenters. The van der Waals surface area contributed by atoms with E-state index in [-0.39, 0.29) is 5.78 Å². The number of aromatic nitrogens is 1. The van der Waals surface area contributed by atoms with Crippen molar-refractivity contribution in [3.8, 4) is 0 Å². The summed E-state index contributed by atoms with van der Waals surface area (Å²) in [4.78, 5) is 14.9. The number of carbonyl (C=O) groups excluding carboxylic acids is 1. The van der Waals surface area contributed by atoms with Crippen LogP contribution in [0, 0.1) is 0 Å². The molecule has 0 aliphatic heterocycles. The van der Waals surface area contributed by atoms with Crippen molar-refractivity contribution in [3.05, 3.63) is 23.4 Å². The van der Waals surface area contributed by atoms with Crippen LogP contribution in [0.5, 0.6) is 0 Å². The van der Waals surface area contributed by atoms with Crippen LogP contribution in [-0.4, -0.2) is 16.5 Å². The Balaban J connectivity index is 2.15. The number of Topliss-reactive ketones (excluding diaryl/α,β-unsaturated/α-hetero) is 1. The first-order valence-corrected chi connectivity index (χ1v) is 6.28. The van der Waals surface area contributed by atoms with E-state index >= 15 is 0 Å². The van der Waals surface area contributed by atoms with Crippen LogP contribution >= 0.6 is 23.4 Å². The molecule has 0 saturated carbocycles. The minimum atomic E-state index is 0.268. The molecule has 4 heteroatoms. The van der Waals surface area contributed by atoms with Gasteiger partial charge in [0.2, 0.25) is 0 Å². The number of ketones is 1. The lowest BCUT2D eigenvalue weighted by atomic mass is 10.2. The molecule has 0 aromatic carbocycles. The van der Waals surface area contributed by atoms with Gasteiger partial charge in [-0.25, -0.2) is 4.98 Å². The van der Waals surface area contributed by atoms with Crippen LogP contribution in [0.2, 0.25) is 5.02 Å². The van der Waals surface area contributed by atoms with E-state index in [4.69, 9.17) is 11.6 Å². The van der Waals surface area contributed by atoms with E-state index in [2.05, 4.69) is 4.98 Å². The Labute approximate surface area is 99.4 Å². The van der Waals surface area contributed by atoms with Crippen LogP contribution in [0.4, 0.5) is 0 Å². The van der Waals surface area contributed by atoms with Gasteiger partial charge in [-0.3, -0.25) is 0 Å². The molecule has 0 radical (unpaired) electrons. The zero-order valence-electron chi connectivity index (χ0n) is 8.70. The van der Waals surface area contributed by atoms with Gasteiger partial charge in [-0.1, -0.05) is 11.6 Å². The van der Waals surface area contributed by atoms with Gasteiger partial charge in [0.1, 0.15) is 5.78 Å². The molecule has 0 N–H and O–H groups in total. The van der Waals surface area contributed by atoms with Crippen LogP contribution < -0.4 is 0 Å². The Morgan fingerprint density at radius 3 is 2.87 bits per heavy atom. The van der Waals surface area contributed by atoms with E-state index < -0.39 is 0 Å². The molecule has 1 heterocycles. The lowest BCUT2D eigenvalue weighted by Gasteiger charge is -2.00. The highest BCUT2D eigenvalue weighted by Gasteiger charge is 1.97. The first-order chi connectivity index (χ1) is 7.18. The molecule has 1 rings (SSSR count). The summed E-state index contributed by atoms with van der Waals surface area (Å²) >= 11 is 7.42. The third-order valence-electron chi connectivity index (χ3n) is 1.87. The lowest BCUT2D eigenvalue weighted by molar-refractivity contribution is -0.117. The third-order valence-corrected chi connectivity index (χ3v) is 3.13. The highest BCUT2D eigenvalue weighted by Crippen LogP contribution is 2.18. The standard InChI is InChI=1S/C11H14ClNOS/c1-9(14)4-2-3-7-15-11-6-5-10(12)8-13-11/h5-6,8H,2-4,7H2,1H3. The van der Waals surface area contributed by atoms with Gasteiger partial charge >= 0.3 is 0 Å². The maximum absolute atomic E-state index is 10.7. The van der Waals surface area contributed by atoms with Gasteiger partial charge in [-0.05, 0) is 37.7 Å². The van der Waals surface area contributed by atoms with E-state index in [1.165, 1.54) is 0 Å². The minimum absolute atomic E-state index is 0.268. The van der Waals surface area contributed by atoms with Crippen molar-refractivity contribution < 1.29 is 4.79 Å². The number of pyridine rings is 1. The van der Waals surface area contributed by atoms with Crippen LogP contribution in [0.25, 0.3) is 0 Å². The predicted octanol–water partition coefficient (Wildman–Crippen LogP) is 3.59. The number of rotatable bonds is 6. The number of thioether (sulfide) groups is 1. The molecule has 0 amide bonds. The van der Waals surface area contributed by atoms with Gasteiger partial charge in [-0.2, -0.15) is 0 Å². The highest BCUT2D eigenvalue weighted by atomic mass is 35.5. The van der Waals surface area contributed by atoms with Crippen LogP contribution in [-0.2, 0) is 4.79 Å². The number of carbonyl (C=O) groups is 1. The molecular formula is C11H14ClNOS. The normalized spacial score (nSPS) is 10.3. The minimum Gasteiger partial charge on any atom is -0.300 e. The fourth-order valence-electron chi connectivity index (χ4n) is 1.10. The molecule has 0 fully saturated rings. The number of hydrogen-bond acceptors (Lipinski definition) is 3. The monoisotopic (exact) mass is 243 g/mol. The molecule has 0 aliphatic carbocycles. The second-order valence-corrected chi connectivity index (χ2v) is 4.87. The summed E-state index contributed by atoms with van der Waals surface area (Å²) in [5.41, 5.74) is 0. The van der Waals surface area contributed by atoms with E-state index in [0.29, 0.717) is 11.4 Å². The molecule has 1 aromatic heterocycles. The molecular weight excluding hydrogens is 230 g/mol. The van der Waals surface area contributed by atoms with Crippen LogP contribution in [0.1, 0.15) is 26.2 Å². The number of hydrogen-bond donors (Lipinski definition) is 0. The Hall–Kier alpha value is -0.540. The largest absolute Gasteiger partial charge is 0.300 e. The number of nitrogens with zero attached hydrogens (tertiary/aromatic N) is 1. The van der Waals surface area contributed by atoms with Gasteiger partial charge in [0, 0.05) is 12.6 Å². The van der Waals surface area contributed by atoms with E-state index in [1.807, 2.05) is 12.1 Å². The predicted molar refractivity (Wildman–Crippen MR) is 64.5 cm³/mol. The Morgan fingerprint density at radius 1 is 1.47 bits per heavy atom. The molecule has 2 nitrogen and oxygen atoms in total. The van der Waals surface area contributed by atoms with Crippen LogP contribution in [0.15, 0.2) is 23.4 Å². The topological polar surface area (TPSA) is 30.0 Å². The average molecular weight is 244 g/mol. The molecule has 0 spiro atoms. The number of unbranched alkanes of at least 4 members (excludes halogenated alkanes) is 1. The first-order valence-electron chi connectivity index (χ1n) is 4.92. The molecule has 0 bridgehead atoms. The van der Waals surface area contributed by atoms with Gasteiger partial charge < -0.3 is 4.79 Å². The fraction of sp³-hybridized carbons (Fsp3) is 0.455. The average Bonchev–Trinajstić information content (AvgIpc) is 2.20. The maximum Gasteiger partial charge on any atom is 0.129 e. The van der Waals surface area contributed by atoms with Crippen LogP contribution in [0.3, 0.4) is 0 Å². The van der Waals surface area contributed by atoms with Crippen molar-refractivity contribution in [2.75, 3.05) is 5.75 Å². The summed E-state index contributed by atoms with van der Waals surface area (Å²) in [5.74, 6) is 1.27. The smallest absolute Gasteiger partial charge is 0.129 e. The zero-order valence-corrected chi connectivity index (χ0v) is 10.3. The van der Waals surface area contributed by atoms with Crippen molar-refractivity contribution >= 4 is 29.1 Å². The second kappa shape index (κ2) is 6.85. The maximum atomic E-state index is 10.7. The third kappa shape index (κ3) is 5.80. The summed E-state index contributed by atoms with van der Waals surface area (Å²) in [6, 6.07) is 3.75. The van der Waals surface area contributed by atoms with Crippen molar-refractivity contribution in [1.29, 1.82) is 0 Å². The van der Waals surface area contributed by atoms with E-state index in [9.17, 15) is 4.79 Å². The van der Waals surface area contributed by atoms with Crippen molar-refractivity contribution in [3.63, 3.8) is 0 Å². The van der Waals surface area contributed by atoms with Gasteiger partial charge in [-0.15, -0.1) is 11.8 Å². The fourth-order valence-corrected chi connectivity index (χ4v) is 2.06. The van der Waals surface area contributed by atoms with Crippen molar-refractivity contribution in [1.82, 2.24) is 4.98 Å². The molecule has 1 aromatic rings. The Kier molecular flexibility index (Phi) is 5.73. The summed E-state index contributed by atoms with van der Waals surface area (Å²) in [7, 11) is 0. The van der Waals surface area contributed by atoms with Crippen molar-refractivity contribution in [2.24, 2.45) is 0 Å². The molecule has 15 heavy (non-hydrogen) atoms. The first kappa shape index (κ1) is 12.5. The van der Waals surface area contributed by atoms with Gasteiger partial charge in [0.05, 0.1) is 10.0 Å². The second-order valence-electron chi connectivity index (χ2n) is 3.32. The number of halogens is 1. The summed E-state index contributed by atoms with van der Waals surface area (Å²) in [6.07, 6.45) is 4.36. The summed E-state index contributed by atoms with van der Waals surface area (Å²) in [5, 5.41) is 1.65.